The van der Waals surface area contributed by atoms with Gasteiger partial charge in [-0.3, -0.25) is 0 Å². The summed E-state index contributed by atoms with van der Waals surface area (Å²) in [7, 11) is 0. The number of para-hydroxylation sites is 1. The molecule has 21 aromatic carbocycles. The highest BCUT2D eigenvalue weighted by Gasteiger charge is 2.42. The Morgan fingerprint density at radius 1 is 0.156 bits per heavy atom. The van der Waals surface area contributed by atoms with Crippen molar-refractivity contribution in [1.29, 1.82) is 0 Å². The van der Waals surface area contributed by atoms with Gasteiger partial charge in [0, 0.05) is 107 Å². The second-order valence-electron chi connectivity index (χ2n) is 40.2. The van der Waals surface area contributed by atoms with Crippen molar-refractivity contribution in [3.63, 3.8) is 0 Å². The smallest absolute Gasteiger partial charge is 0.0540 e. The number of benzene rings is 21. The van der Waals surface area contributed by atoms with E-state index in [2.05, 4.69) is 549 Å². The normalized spacial score (nSPS) is 13.6. The summed E-state index contributed by atoms with van der Waals surface area (Å²) in [6.07, 6.45) is 0. The van der Waals surface area contributed by atoms with Gasteiger partial charge in [0.1, 0.15) is 0 Å². The molecule has 27 rings (SSSR count). The maximum Gasteiger partial charge on any atom is 0.0540 e. The van der Waals surface area contributed by atoms with Gasteiger partial charge >= 0.3 is 0 Å². The van der Waals surface area contributed by atoms with Gasteiger partial charge in [-0.2, -0.15) is 0 Å². The summed E-state index contributed by atoms with van der Waals surface area (Å²) < 4.78 is 5.33. The fourth-order valence-electron chi connectivity index (χ4n) is 23.4. The van der Waals surface area contributed by atoms with Gasteiger partial charge in [-0.05, 0) is 296 Å². The molecule has 0 unspecified atom stereocenters. The summed E-state index contributed by atoms with van der Waals surface area (Å²) in [5.41, 5.74) is 44.2. The molecular weight excluding hydrogens is 1740 g/mol. The second-order valence-corrected chi connectivity index (χ2v) is 42.4. The van der Waals surface area contributed by atoms with Crippen LogP contribution in [0.2, 0.25) is 0 Å². The van der Waals surface area contributed by atoms with Crippen molar-refractivity contribution >= 4 is 125 Å². The van der Waals surface area contributed by atoms with Crippen LogP contribution in [0.1, 0.15) is 99.9 Å². The number of hydrogen-bond donors (Lipinski definition) is 0. The first-order valence-electron chi connectivity index (χ1n) is 49.2. The molecule has 3 nitrogen and oxygen atoms in total. The Bertz CT molecular complexity index is 8780. The molecular formula is C136H103N3S2. The average molecular weight is 1840 g/mol. The van der Waals surface area contributed by atoms with E-state index in [1.165, 1.54) is 207 Å². The van der Waals surface area contributed by atoms with E-state index in [4.69, 9.17) is 0 Å². The minimum absolute atomic E-state index is 0.0217. The van der Waals surface area contributed by atoms with Crippen LogP contribution in [-0.2, 0) is 21.7 Å². The van der Waals surface area contributed by atoms with Crippen molar-refractivity contribution in [2.75, 3.05) is 14.7 Å². The number of nitrogens with zero attached hydrogens (tertiary/aromatic N) is 3. The monoisotopic (exact) mass is 1840 g/mol. The Kier molecular flexibility index (Phi) is 21.1. The molecule has 4 aliphatic rings. The highest BCUT2D eigenvalue weighted by atomic mass is 32.1. The third-order valence-electron chi connectivity index (χ3n) is 30.6. The molecule has 2 heterocycles. The lowest BCUT2D eigenvalue weighted by atomic mass is 9.81. The average Bonchev–Trinajstić information content (AvgIpc) is 1.59. The Labute approximate surface area is 834 Å². The van der Waals surface area contributed by atoms with Gasteiger partial charge in [0.25, 0.3) is 0 Å². The predicted octanol–water partition coefficient (Wildman–Crippen LogP) is 38.9. The molecule has 0 aliphatic heterocycles. The third kappa shape index (κ3) is 14.8. The van der Waals surface area contributed by atoms with Gasteiger partial charge in [-0.15, -0.1) is 22.7 Å². The molecule has 141 heavy (non-hydrogen) atoms. The van der Waals surface area contributed by atoms with E-state index in [0.29, 0.717) is 0 Å². The van der Waals surface area contributed by atoms with Crippen molar-refractivity contribution in [3.05, 3.63) is 524 Å². The van der Waals surface area contributed by atoms with Crippen LogP contribution >= 0.6 is 22.7 Å². The van der Waals surface area contributed by atoms with E-state index in [0.717, 1.165) is 39.8 Å². The van der Waals surface area contributed by atoms with Crippen molar-refractivity contribution in [1.82, 2.24) is 0 Å². The van der Waals surface area contributed by atoms with Gasteiger partial charge in [0.2, 0.25) is 0 Å². The van der Waals surface area contributed by atoms with Crippen molar-refractivity contribution in [2.45, 2.75) is 77.0 Å². The topological polar surface area (TPSA) is 9.72 Å². The zero-order chi connectivity index (χ0) is 95.0. The summed E-state index contributed by atoms with van der Waals surface area (Å²) in [6, 6.07) is 177. The lowest BCUT2D eigenvalue weighted by Crippen LogP contribution is -2.20. The van der Waals surface area contributed by atoms with Crippen molar-refractivity contribution < 1.29 is 0 Å². The summed E-state index contributed by atoms with van der Waals surface area (Å²) >= 11 is 3.73. The molecule has 2 aromatic heterocycles. The van der Waals surface area contributed by atoms with Crippen LogP contribution in [0.15, 0.2) is 479 Å². The second kappa shape index (κ2) is 34.4. The van der Waals surface area contributed by atoms with Crippen LogP contribution < -0.4 is 14.7 Å². The molecule has 0 fully saturated rings. The molecule has 0 bridgehead atoms. The summed E-state index contributed by atoms with van der Waals surface area (Å²) in [6.45, 7) is 18.8. The Hall–Kier alpha value is -16.3. The van der Waals surface area contributed by atoms with Gasteiger partial charge in [-0.25, -0.2) is 0 Å². The van der Waals surface area contributed by atoms with Crippen LogP contribution in [0.3, 0.4) is 0 Å². The van der Waals surface area contributed by atoms with Crippen LogP contribution in [0, 0.1) is 0 Å². The molecule has 0 saturated carbocycles. The molecule has 0 atom stereocenters. The van der Waals surface area contributed by atoms with Crippen LogP contribution in [0.4, 0.5) is 51.2 Å². The molecule has 0 saturated heterocycles. The van der Waals surface area contributed by atoms with Gasteiger partial charge in [-0.1, -0.05) is 389 Å². The standard InChI is InChI=1S/C51H37NS.C43H31NS.C42H35N/c1-51(2)47-19-11-9-17-43(47)45-33-41(26-27-48(45)51)52(42-30-38(34-13-5-3-6-14-34)29-39(31-42)35-15-7-4-8-16-35)40-24-21-36(22-25-40)37-23-28-50-46(32-37)44-18-10-12-20-49(44)53-50;1-43(2)38-15-7-5-13-34(38)36-27-32(23-24-39(36)43)44(40-16-9-11-29-10-3-4-12-33(29)40)31-21-18-28(19-22-31)30-20-25-42-37(26-30)35-14-6-8-17-41(35)45-42;1-41(2)36-18-10-9-16-33(36)35-27-29(23-26-38(35)41)28-21-24-31(25-22-28)43(30-13-6-5-7-14-30)39-20-12-17-34-32-15-8-11-19-37(32)42(3,4)40(34)39/h3-33H,1-2H3;3-27H,1-2H3;5-27H,1-4H3. The fraction of sp³-hybridized carbons (Fsp3) is 0.0882. The first-order valence-corrected chi connectivity index (χ1v) is 50.9. The predicted molar refractivity (Wildman–Crippen MR) is 604 cm³/mol. The first-order chi connectivity index (χ1) is 68.9. The summed E-state index contributed by atoms with van der Waals surface area (Å²) in [5, 5.41) is 7.78. The Morgan fingerprint density at radius 3 is 0.950 bits per heavy atom. The Morgan fingerprint density at radius 2 is 0.461 bits per heavy atom. The van der Waals surface area contributed by atoms with E-state index in [1.807, 2.05) is 22.7 Å². The van der Waals surface area contributed by atoms with Gasteiger partial charge in [0.15, 0.2) is 0 Å². The summed E-state index contributed by atoms with van der Waals surface area (Å²) in [4.78, 5) is 7.29. The maximum absolute atomic E-state index is 2.44. The largest absolute Gasteiger partial charge is 0.310 e. The van der Waals surface area contributed by atoms with Crippen LogP contribution in [-0.4, -0.2) is 0 Å². The van der Waals surface area contributed by atoms with Gasteiger partial charge < -0.3 is 14.7 Å². The minimum Gasteiger partial charge on any atom is -0.310 e. The lowest BCUT2D eigenvalue weighted by molar-refractivity contribution is 0.660. The SMILES string of the molecule is CC1(C)c2ccccc2-c2cc(-c3ccc(N(c4ccccc4)c4cccc5c4C(C)(C)c4ccccc4-5)cc3)ccc21.CC1(C)c2ccccc2-c2cc(N(c3ccc(-c4ccc5sc6ccccc6c5c4)cc3)c3cc(-c4ccccc4)cc(-c4ccccc4)c3)ccc21.CC1(C)c2ccccc2-c2cc(N(c3ccc(-c4ccc5sc6ccccc6c5c4)cc3)c3cccc4ccccc34)ccc21. The number of anilines is 9. The highest BCUT2D eigenvalue weighted by molar-refractivity contribution is 7.26. The number of fused-ring (bicyclic) bond motifs is 19. The molecule has 23 aromatic rings. The quantitative estimate of drug-likeness (QED) is 0.107. The van der Waals surface area contributed by atoms with Crippen LogP contribution in [0.25, 0.3) is 151 Å². The number of hydrogen-bond acceptors (Lipinski definition) is 5. The lowest BCUT2D eigenvalue weighted by Gasteiger charge is -2.32. The van der Waals surface area contributed by atoms with Crippen LogP contribution in [0.5, 0.6) is 0 Å². The number of thiophene rings is 2. The molecule has 0 N–H and O–H groups in total. The Balaban J connectivity index is 0.000000112. The highest BCUT2D eigenvalue weighted by Crippen LogP contribution is 2.58. The van der Waals surface area contributed by atoms with Crippen molar-refractivity contribution in [2.24, 2.45) is 0 Å². The maximum atomic E-state index is 2.44. The molecule has 4 aliphatic carbocycles. The molecule has 5 heteroatoms. The minimum atomic E-state index is -0.107. The van der Waals surface area contributed by atoms with E-state index in [1.54, 1.807) is 0 Å². The molecule has 0 amide bonds. The zero-order valence-electron chi connectivity index (χ0n) is 80.3. The van der Waals surface area contributed by atoms with Gasteiger partial charge in [0.05, 0.1) is 11.4 Å². The van der Waals surface area contributed by atoms with E-state index < -0.39 is 0 Å². The number of rotatable bonds is 14. The molecule has 0 spiro atoms. The summed E-state index contributed by atoms with van der Waals surface area (Å²) in [5.74, 6) is 0. The zero-order valence-corrected chi connectivity index (χ0v) is 81.9. The third-order valence-corrected chi connectivity index (χ3v) is 32.9. The van der Waals surface area contributed by atoms with Crippen molar-refractivity contribution in [3.8, 4) is 100 Å². The van der Waals surface area contributed by atoms with E-state index in [9.17, 15) is 0 Å². The first kappa shape index (κ1) is 86.3. The van der Waals surface area contributed by atoms with E-state index in [-0.39, 0.29) is 21.7 Å². The molecule has 0 radical (unpaired) electrons. The van der Waals surface area contributed by atoms with E-state index >= 15 is 0 Å². The fourth-order valence-corrected chi connectivity index (χ4v) is 25.6. The molecule has 674 valence electrons.